The van der Waals surface area contributed by atoms with Crippen LogP contribution in [0.5, 0.6) is 34.5 Å². The normalized spacial score (nSPS) is 11.2. The van der Waals surface area contributed by atoms with E-state index in [1.165, 1.54) is 53.7 Å². The highest BCUT2D eigenvalue weighted by molar-refractivity contribution is 9.09. The fraction of sp³-hybridized carbons (Fsp3) is 0.264. The van der Waals surface area contributed by atoms with Gasteiger partial charge in [0.15, 0.2) is 21.6 Å². The SMILES string of the molecule is C=CCBr.C=CCN(c1cc2c(cc1Oc1cccc(OCCC)c1)n(C)c(=O)n2C)S(=O)(=O)c1cn(CC=C)cn1.CCCOc1cccc(Oc2cc3c(cc2NS(=O)(=O)c2cnc[nH]2)n(C)c(=O)n3C)c1.O=C(O)C(F)(F)F. The highest BCUT2D eigenvalue weighted by Gasteiger charge is 2.38. The second-order valence-electron chi connectivity index (χ2n) is 17.1. The molecule has 0 spiro atoms. The molecule has 434 valence electrons. The number of benzene rings is 4. The van der Waals surface area contributed by atoms with Crippen LogP contribution in [-0.2, 0) is 59.6 Å². The zero-order valence-corrected chi connectivity index (χ0v) is 48.1. The number of allylic oxidation sites excluding steroid dienone is 2. The first-order chi connectivity index (χ1) is 38.4. The molecule has 4 aromatic carbocycles. The van der Waals surface area contributed by atoms with Gasteiger partial charge in [0.25, 0.3) is 20.0 Å². The zero-order valence-electron chi connectivity index (χ0n) is 44.9. The summed E-state index contributed by atoms with van der Waals surface area (Å²) in [5.74, 6) is -0.115. The van der Waals surface area contributed by atoms with E-state index in [-0.39, 0.29) is 50.8 Å². The Morgan fingerprint density at radius 1 is 0.765 bits per heavy atom. The van der Waals surface area contributed by atoms with E-state index in [0.29, 0.717) is 64.8 Å². The highest BCUT2D eigenvalue weighted by atomic mass is 79.9. The number of halogens is 4. The molecule has 0 aliphatic rings. The number of anilines is 2. The Kier molecular flexibility index (Phi) is 22.0. The monoisotopic (exact) mass is 1230 g/mol. The van der Waals surface area contributed by atoms with Gasteiger partial charge in [0.05, 0.1) is 72.1 Å². The second kappa shape index (κ2) is 28.1. The van der Waals surface area contributed by atoms with Crippen LogP contribution >= 0.6 is 15.9 Å². The summed E-state index contributed by atoms with van der Waals surface area (Å²) in [6.45, 7) is 16.4. The predicted molar refractivity (Wildman–Crippen MR) is 305 cm³/mol. The minimum absolute atomic E-state index is 0.0566. The quantitative estimate of drug-likeness (QED) is 0.0447. The molecule has 8 aromatic rings. The molecule has 0 saturated heterocycles. The molecule has 4 aromatic heterocycles. The smallest absolute Gasteiger partial charge is 0.490 e. The lowest BCUT2D eigenvalue weighted by Gasteiger charge is -2.24. The minimum atomic E-state index is -5.08. The number of nitrogens with one attached hydrogen (secondary N) is 2. The minimum Gasteiger partial charge on any atom is -0.493 e. The number of aromatic amines is 1. The van der Waals surface area contributed by atoms with Crippen LogP contribution in [0.2, 0.25) is 0 Å². The summed E-state index contributed by atoms with van der Waals surface area (Å²) in [5, 5.41) is 7.79. The molecule has 8 rings (SSSR count). The van der Waals surface area contributed by atoms with Gasteiger partial charge in [-0.15, -0.1) is 19.7 Å². The van der Waals surface area contributed by atoms with Gasteiger partial charge < -0.3 is 33.6 Å². The van der Waals surface area contributed by atoms with Crippen LogP contribution in [0.15, 0.2) is 155 Å². The van der Waals surface area contributed by atoms with Crippen LogP contribution in [0.3, 0.4) is 0 Å². The highest BCUT2D eigenvalue weighted by Crippen LogP contribution is 2.40. The van der Waals surface area contributed by atoms with E-state index >= 15 is 0 Å². The van der Waals surface area contributed by atoms with Gasteiger partial charge >= 0.3 is 23.5 Å². The standard InChI is InChI=1S/C27H31N5O5S.C21H23N5O5S.C3H5Br.C2HF3O2/c1-6-12-31-18-26(28-19-31)38(34,35)32(13-7-2)24-16-22-23(30(5)27(33)29(22)4)17-25(24)37-21-11-9-10-20(15-21)36-14-8-3;1-4-8-30-14-6-5-7-15(9-14)31-19-11-18-17(25(2)21(27)26(18)3)10-16(19)24-32(28,29)20-12-22-13-23-20;1-2-3-4;3-2(4,5)1(6)7/h6-7,9-11,15-19H,1-2,8,12-14H2,3-5H3;5-7,9-13,24H,4,8H2,1-3H3,(H,22,23);2H,1,3H2;(H,6,7). The van der Waals surface area contributed by atoms with E-state index < -0.39 is 32.2 Å². The van der Waals surface area contributed by atoms with Crippen molar-refractivity contribution in [3.8, 4) is 34.5 Å². The number of aromatic nitrogens is 8. The zero-order chi connectivity index (χ0) is 59.8. The molecule has 0 bridgehead atoms. The number of ether oxygens (including phenoxy) is 4. The van der Waals surface area contributed by atoms with Gasteiger partial charge in [-0.1, -0.05) is 60.1 Å². The van der Waals surface area contributed by atoms with Crippen LogP contribution in [-0.4, -0.2) is 97.0 Å². The molecule has 0 atom stereocenters. The van der Waals surface area contributed by atoms with Gasteiger partial charge in [0.1, 0.15) is 23.0 Å². The van der Waals surface area contributed by atoms with Crippen molar-refractivity contribution in [2.75, 3.05) is 34.1 Å². The van der Waals surface area contributed by atoms with Crippen molar-refractivity contribution < 1.29 is 58.9 Å². The number of carbonyl (C=O) groups is 1. The molecule has 4 heterocycles. The number of hydrogen-bond donors (Lipinski definition) is 3. The molecular formula is C53H60BrF3N10O12S2. The van der Waals surface area contributed by atoms with Crippen molar-refractivity contribution in [1.29, 1.82) is 0 Å². The summed E-state index contributed by atoms with van der Waals surface area (Å²) < 4.78 is 120. The Morgan fingerprint density at radius 3 is 1.70 bits per heavy atom. The number of carboxylic acid groups (broad SMARTS) is 1. The van der Waals surface area contributed by atoms with E-state index in [2.05, 4.69) is 55.3 Å². The van der Waals surface area contributed by atoms with Crippen molar-refractivity contribution in [2.45, 2.75) is 49.5 Å². The van der Waals surface area contributed by atoms with E-state index in [4.69, 9.17) is 28.8 Å². The Balaban J connectivity index is 0.000000253. The summed E-state index contributed by atoms with van der Waals surface area (Å²) in [6, 6.07) is 20.6. The molecule has 3 N–H and O–H groups in total. The molecule has 0 amide bonds. The number of imidazole rings is 4. The summed E-state index contributed by atoms with van der Waals surface area (Å²) in [6.07, 6.45) is 6.91. The number of aryl methyl sites for hydroxylation is 4. The van der Waals surface area contributed by atoms with Crippen molar-refractivity contribution in [2.24, 2.45) is 28.2 Å². The third kappa shape index (κ3) is 15.9. The number of fused-ring (bicyclic) bond motifs is 2. The number of sulfonamides is 2. The van der Waals surface area contributed by atoms with Crippen LogP contribution < -0.4 is 39.4 Å². The lowest BCUT2D eigenvalue weighted by atomic mass is 10.2. The maximum Gasteiger partial charge on any atom is 0.490 e. The maximum absolute atomic E-state index is 13.8. The first-order valence-corrected chi connectivity index (χ1v) is 28.4. The maximum atomic E-state index is 13.8. The molecule has 28 heteroatoms. The molecule has 0 aliphatic heterocycles. The van der Waals surface area contributed by atoms with E-state index in [0.717, 1.165) is 18.2 Å². The average molecular weight is 1230 g/mol. The van der Waals surface area contributed by atoms with Gasteiger partial charge in [-0.2, -0.15) is 30.0 Å². The Labute approximate surface area is 472 Å². The number of H-pyrrole nitrogens is 1. The van der Waals surface area contributed by atoms with Gasteiger partial charge in [-0.05, 0) is 49.2 Å². The molecular weight excluding hydrogens is 1170 g/mol. The van der Waals surface area contributed by atoms with E-state index in [1.54, 1.807) is 106 Å². The fourth-order valence-corrected chi connectivity index (χ4v) is 9.64. The number of alkyl halides is 4. The van der Waals surface area contributed by atoms with Gasteiger partial charge in [-0.25, -0.2) is 24.4 Å². The average Bonchev–Trinajstić information content (AvgIpc) is 4.47. The van der Waals surface area contributed by atoms with Gasteiger partial charge in [-0.3, -0.25) is 27.3 Å². The molecule has 22 nitrogen and oxygen atoms in total. The first-order valence-electron chi connectivity index (χ1n) is 24.3. The third-order valence-corrected chi connectivity index (χ3v) is 14.6. The van der Waals surface area contributed by atoms with Crippen molar-refractivity contribution >= 4 is 75.4 Å². The molecule has 0 saturated carbocycles. The first kappa shape index (κ1) is 63.3. The van der Waals surface area contributed by atoms with Crippen molar-refractivity contribution in [1.82, 2.24) is 37.8 Å². The van der Waals surface area contributed by atoms with Crippen molar-refractivity contribution in [3.63, 3.8) is 0 Å². The molecule has 0 radical (unpaired) electrons. The summed E-state index contributed by atoms with van der Waals surface area (Å²) in [4.78, 5) is 44.5. The number of rotatable bonds is 21. The Hall–Kier alpha value is -8.50. The fourth-order valence-electron chi connectivity index (χ4n) is 7.30. The van der Waals surface area contributed by atoms with E-state index in [1.807, 2.05) is 26.0 Å². The lowest BCUT2D eigenvalue weighted by molar-refractivity contribution is -0.192. The number of hydrogen-bond acceptors (Lipinski definition) is 13. The van der Waals surface area contributed by atoms with Crippen LogP contribution in [0.1, 0.15) is 26.7 Å². The number of nitrogens with zero attached hydrogens (tertiary/aromatic N) is 8. The van der Waals surface area contributed by atoms with E-state index in [9.17, 15) is 39.6 Å². The van der Waals surface area contributed by atoms with Gasteiger partial charge in [0, 0.05) is 70.5 Å². The molecule has 0 aliphatic carbocycles. The Bertz CT molecular complexity index is 3850. The third-order valence-electron chi connectivity index (χ3n) is 11.2. The lowest BCUT2D eigenvalue weighted by Crippen LogP contribution is -2.32. The number of aliphatic carboxylic acids is 1. The van der Waals surface area contributed by atoms with Crippen LogP contribution in [0.4, 0.5) is 24.5 Å². The summed E-state index contributed by atoms with van der Waals surface area (Å²) in [5.41, 5.74) is 2.18. The van der Waals surface area contributed by atoms with Crippen LogP contribution in [0, 0.1) is 0 Å². The van der Waals surface area contributed by atoms with Crippen molar-refractivity contribution in [3.05, 3.63) is 157 Å². The van der Waals surface area contributed by atoms with Crippen LogP contribution in [0.25, 0.3) is 22.1 Å². The summed E-state index contributed by atoms with van der Waals surface area (Å²) in [7, 11) is -1.55. The molecule has 0 unspecified atom stereocenters. The Morgan fingerprint density at radius 2 is 1.25 bits per heavy atom. The summed E-state index contributed by atoms with van der Waals surface area (Å²) >= 11 is 3.13. The topological polar surface area (TPSA) is 258 Å². The largest absolute Gasteiger partial charge is 0.493 e. The van der Waals surface area contributed by atoms with Gasteiger partial charge in [0.2, 0.25) is 0 Å². The number of carboxylic acids is 1. The molecule has 0 fully saturated rings. The predicted octanol–water partition coefficient (Wildman–Crippen LogP) is 9.40. The molecule has 81 heavy (non-hydrogen) atoms. The second-order valence-corrected chi connectivity index (χ2v) is 21.2.